The summed E-state index contributed by atoms with van der Waals surface area (Å²) in [4.78, 5) is 103. The van der Waals surface area contributed by atoms with Crippen LogP contribution in [0.4, 0.5) is 9.59 Å². The van der Waals surface area contributed by atoms with Crippen LogP contribution in [0.15, 0.2) is 0 Å². The lowest BCUT2D eigenvalue weighted by molar-refractivity contribution is -0.198. The summed E-state index contributed by atoms with van der Waals surface area (Å²) in [5.74, 6) is -8.18. The van der Waals surface area contributed by atoms with Crippen LogP contribution in [-0.2, 0) is 67.0 Å². The molecule has 0 aromatic rings. The number of rotatable bonds is 4. The smallest absolute Gasteiger partial charge is 0.426 e. The number of hydroxylamine groups is 6. The minimum atomic E-state index is -3.12. The van der Waals surface area contributed by atoms with Gasteiger partial charge in [-0.1, -0.05) is 15.2 Å². The van der Waals surface area contributed by atoms with E-state index in [-0.39, 0.29) is 53.7 Å². The fraction of sp³-hybridized carbons (Fsp3) is 0.692. The van der Waals surface area contributed by atoms with Gasteiger partial charge in [0.25, 0.3) is 35.4 Å². The largest absolute Gasteiger partial charge is 0.560 e. The minimum absolute atomic E-state index is 0.0618. The summed E-state index contributed by atoms with van der Waals surface area (Å²) in [6, 6.07) is 0. The van der Waals surface area contributed by atoms with Crippen LogP contribution < -0.4 is 0 Å². The number of hydrogen-bond donors (Lipinski definition) is 1. The molecule has 7 rings (SSSR count). The highest BCUT2D eigenvalue weighted by Gasteiger charge is 2.45. The molecule has 20 nitrogen and oxygen atoms in total. The summed E-state index contributed by atoms with van der Waals surface area (Å²) >= 11 is 0. The van der Waals surface area contributed by atoms with Crippen molar-refractivity contribution < 1.29 is 101 Å². The van der Waals surface area contributed by atoms with Crippen molar-refractivity contribution in [1.29, 1.82) is 0 Å². The summed E-state index contributed by atoms with van der Waals surface area (Å²) in [7, 11) is 0. The molecule has 7 aliphatic rings. The van der Waals surface area contributed by atoms with Gasteiger partial charge in [-0.3, -0.25) is 43.3 Å². The van der Waals surface area contributed by atoms with Crippen LogP contribution in [0.2, 0.25) is 0 Å². The second-order valence-corrected chi connectivity index (χ2v) is 9.23. The number of hydrogen-bond acceptors (Lipinski definition) is 17. The van der Waals surface area contributed by atoms with Crippen LogP contribution in [0.3, 0.4) is 0 Å². The van der Waals surface area contributed by atoms with E-state index in [0.29, 0.717) is 0 Å². The lowest BCUT2D eigenvalue weighted by atomic mass is 10.0. The monoisotopic (exact) mass is 671 g/mol. The van der Waals surface area contributed by atoms with E-state index in [1.54, 1.807) is 0 Å². The molecule has 252 valence electrons. The number of amides is 6. The highest BCUT2D eigenvalue weighted by Crippen LogP contribution is 2.33. The molecule has 0 unspecified atom stereocenters. The van der Waals surface area contributed by atoms with Crippen molar-refractivity contribution in [2.24, 2.45) is 11.8 Å². The highest BCUT2D eigenvalue weighted by atomic mass is 16.9. The van der Waals surface area contributed by atoms with Gasteiger partial charge in [-0.2, -0.15) is 4.79 Å². The van der Waals surface area contributed by atoms with E-state index in [0.717, 1.165) is 0 Å². The lowest BCUT2D eigenvalue weighted by Gasteiger charge is -2.17. The number of aliphatic hydroxyl groups is 1. The molecule has 7 saturated heterocycles. The quantitative estimate of drug-likeness (QED) is 0.277. The molecule has 6 amide bonds. The molecular formula is C26H31N3O17. The second-order valence-electron chi connectivity index (χ2n) is 9.23. The summed E-state index contributed by atoms with van der Waals surface area (Å²) < 4.78 is 129. The molecular weight excluding hydrogens is 626 g/mol. The number of nitrogens with zero attached hydrogens (tertiary/aromatic N) is 3. The van der Waals surface area contributed by atoms with Crippen molar-refractivity contribution in [3.63, 3.8) is 0 Å². The summed E-state index contributed by atoms with van der Waals surface area (Å²) in [5.41, 5.74) is 0. The fourth-order valence-corrected chi connectivity index (χ4v) is 3.92. The Hall–Kier alpha value is -4.24. The van der Waals surface area contributed by atoms with Gasteiger partial charge in [0.15, 0.2) is 12.6 Å². The molecule has 0 spiro atoms. The zero-order valence-corrected chi connectivity index (χ0v) is 22.9. The van der Waals surface area contributed by atoms with Crippen LogP contribution in [0.5, 0.6) is 0 Å². The first-order valence-electron chi connectivity index (χ1n) is 20.0. The topological polar surface area (TPSA) is 240 Å². The molecule has 1 N–H and O–H groups in total. The third-order valence-electron chi connectivity index (χ3n) is 6.16. The van der Waals surface area contributed by atoms with Crippen molar-refractivity contribution in [3.05, 3.63) is 0 Å². The lowest BCUT2D eigenvalue weighted by Crippen LogP contribution is -2.37. The van der Waals surface area contributed by atoms with Gasteiger partial charge in [-0.15, -0.1) is 0 Å². The molecule has 7 heterocycles. The Kier molecular flexibility index (Phi) is 6.11. The molecule has 46 heavy (non-hydrogen) atoms. The zero-order chi connectivity index (χ0) is 45.6. The van der Waals surface area contributed by atoms with Crippen LogP contribution >= 0.6 is 0 Å². The third kappa shape index (κ3) is 7.58. The maximum Gasteiger partial charge on any atom is 0.560 e. The van der Waals surface area contributed by atoms with E-state index in [4.69, 9.17) is 28.7 Å². The number of fused-ring (bicyclic) bond motifs is 2. The molecule has 0 saturated carbocycles. The van der Waals surface area contributed by atoms with Crippen LogP contribution in [0.25, 0.3) is 0 Å². The van der Waals surface area contributed by atoms with Crippen LogP contribution in [0.1, 0.15) is 70.5 Å². The van der Waals surface area contributed by atoms with Gasteiger partial charge in [0.2, 0.25) is 0 Å². The summed E-state index contributed by atoms with van der Waals surface area (Å²) in [6.45, 7) is -11.6. The van der Waals surface area contributed by atoms with Gasteiger partial charge in [0.05, 0.1) is 51.9 Å². The van der Waals surface area contributed by atoms with E-state index < -0.39 is 123 Å². The molecule has 6 atom stereocenters. The molecule has 0 radical (unpaired) electrons. The van der Waals surface area contributed by atoms with Gasteiger partial charge < -0.3 is 28.8 Å². The van der Waals surface area contributed by atoms with Crippen molar-refractivity contribution in [2.75, 3.05) is 26.2 Å². The first kappa shape index (κ1) is 19.4. The standard InChI is InChI=1S/C11H13NO7.C9H8N2O7.C6H10O3/c13-8-1-2-9(14)12(8)19-11(15)18-7-5-17-10-6(7)3-4-16-10;12-5-1-2-6(13)10(5)17-9(16)18-11-7(14)3-4-8(11)15;7-5-3-9-6-4(5)1-2-8-6/h6-7,10H,1-5H2;1-4H2;4-7H,1-3H2/t6-,7-,10+;;4-,5-,6+/m0.0/s1/i3D2,4D2,5D2,7D;;1D2,2D2,3D2,5D. The summed E-state index contributed by atoms with van der Waals surface area (Å²) in [5, 5.41) is 10.3. The van der Waals surface area contributed by atoms with Gasteiger partial charge in [-0.05, 0) is 12.7 Å². The summed E-state index contributed by atoms with van der Waals surface area (Å²) in [6.07, 6.45) is -19.1. The highest BCUT2D eigenvalue weighted by molar-refractivity contribution is 6.03. The number of carbonyl (C=O) groups excluding carboxylic acids is 8. The second kappa shape index (κ2) is 14.5. The zero-order valence-electron chi connectivity index (χ0n) is 36.9. The minimum Gasteiger partial charge on any atom is -0.426 e. The predicted octanol–water partition coefficient (Wildman–Crippen LogP) is -1.03. The van der Waals surface area contributed by atoms with Crippen molar-refractivity contribution in [3.8, 4) is 0 Å². The first-order valence-corrected chi connectivity index (χ1v) is 13.0. The normalized spacial score (nSPS) is 45.6. The fourth-order valence-electron chi connectivity index (χ4n) is 3.92. The SMILES string of the molecule is O=C(ON1C(=O)CCC1=O)ON1C(=O)CCC1=O.[2H]C1([2H])O[C@@H]2OC([2H])([2H])[C@]([2H])(O)[C@@H]2C1([2H])[2H].[2H]C1([2H])O[C@@H]2OC([2H])([2H])[C@]([2H])(OC(=O)ON3C(=O)CCC3=O)[C@@H]2C1([2H])[2H]. The number of imide groups is 3. The Morgan fingerprint density at radius 1 is 0.630 bits per heavy atom. The van der Waals surface area contributed by atoms with E-state index in [1.807, 2.05) is 0 Å². The Morgan fingerprint density at radius 2 is 1.02 bits per heavy atom. The molecule has 0 aliphatic carbocycles. The number of ether oxygens (including phenoxy) is 5. The molecule has 7 aliphatic heterocycles. The van der Waals surface area contributed by atoms with Gasteiger partial charge >= 0.3 is 12.3 Å². The van der Waals surface area contributed by atoms with Crippen molar-refractivity contribution >= 4 is 47.8 Å². The predicted molar refractivity (Wildman–Crippen MR) is 136 cm³/mol. The van der Waals surface area contributed by atoms with Gasteiger partial charge in [-0.25, -0.2) is 4.79 Å². The van der Waals surface area contributed by atoms with E-state index in [2.05, 4.69) is 28.7 Å². The molecule has 20 heteroatoms. The Labute approximate surface area is 279 Å². The van der Waals surface area contributed by atoms with Crippen LogP contribution in [-0.4, -0.2) is 119 Å². The van der Waals surface area contributed by atoms with Crippen molar-refractivity contribution in [1.82, 2.24) is 15.2 Å². The van der Waals surface area contributed by atoms with E-state index in [9.17, 15) is 43.5 Å². The molecule has 0 aromatic heterocycles. The third-order valence-corrected chi connectivity index (χ3v) is 6.16. The molecule has 0 aromatic carbocycles. The molecule has 7 fully saturated rings. The van der Waals surface area contributed by atoms with Gasteiger partial charge in [0.1, 0.15) is 6.08 Å². The molecule has 0 bridgehead atoms. The average Bonchev–Trinajstić information content (AvgIpc) is 3.85. The Bertz CT molecular complexity index is 1770. The Morgan fingerprint density at radius 3 is 1.48 bits per heavy atom. The maximum absolute atomic E-state index is 11.9. The van der Waals surface area contributed by atoms with E-state index in [1.165, 1.54) is 0 Å². The number of carbonyl (C=O) groups is 8. The Balaban J connectivity index is 0.000000177. The van der Waals surface area contributed by atoms with Gasteiger partial charge in [0, 0.05) is 49.9 Å². The van der Waals surface area contributed by atoms with Crippen molar-refractivity contribution in [2.45, 2.75) is 76.0 Å². The van der Waals surface area contributed by atoms with Crippen LogP contribution in [0, 0.1) is 11.8 Å². The first-order chi connectivity index (χ1) is 27.1. The maximum atomic E-state index is 11.9. The average molecular weight is 672 g/mol. The van der Waals surface area contributed by atoms with E-state index >= 15 is 0 Å².